The smallest absolute Gasteiger partial charge is 0.222 e. The molecule has 1 fully saturated rings. The van der Waals surface area contributed by atoms with Gasteiger partial charge in [-0.2, -0.15) is 0 Å². The summed E-state index contributed by atoms with van der Waals surface area (Å²) in [5.41, 5.74) is 6.32. The van der Waals surface area contributed by atoms with Gasteiger partial charge in [0.15, 0.2) is 0 Å². The van der Waals surface area contributed by atoms with Crippen LogP contribution in [0.4, 0.5) is 5.69 Å². The number of nitrogen functional groups attached to an aromatic ring is 1. The molecule has 1 aliphatic rings. The van der Waals surface area contributed by atoms with Gasteiger partial charge in [-0.3, -0.25) is 4.79 Å². The number of nitrogens with two attached hydrogens (primary N) is 1. The zero-order chi connectivity index (χ0) is 14.2. The van der Waals surface area contributed by atoms with Crippen molar-refractivity contribution in [2.45, 2.75) is 31.8 Å². The Morgan fingerprint density at radius 1 is 1.45 bits per heavy atom. The molecule has 20 heavy (non-hydrogen) atoms. The molecule has 1 aliphatic heterocycles. The van der Waals surface area contributed by atoms with Crippen molar-refractivity contribution < 1.29 is 14.3 Å². The Kier molecular flexibility index (Phi) is 5.68. The Hall–Kier alpha value is -1.75. The zero-order valence-electron chi connectivity index (χ0n) is 11.6. The van der Waals surface area contributed by atoms with Gasteiger partial charge in [0.1, 0.15) is 12.4 Å². The van der Waals surface area contributed by atoms with Crippen molar-refractivity contribution in [3.05, 3.63) is 24.3 Å². The molecule has 3 N–H and O–H groups in total. The SMILES string of the molecule is Nc1cccc(OCCNC(=O)CC2CCCCO2)c1. The van der Waals surface area contributed by atoms with Crippen molar-refractivity contribution in [2.75, 3.05) is 25.5 Å². The summed E-state index contributed by atoms with van der Waals surface area (Å²) in [5, 5.41) is 2.84. The highest BCUT2D eigenvalue weighted by Crippen LogP contribution is 2.15. The highest BCUT2D eigenvalue weighted by molar-refractivity contribution is 5.76. The number of carbonyl (C=O) groups excluding carboxylic acids is 1. The molecule has 110 valence electrons. The maximum atomic E-state index is 11.7. The summed E-state index contributed by atoms with van der Waals surface area (Å²) in [6.07, 6.45) is 3.76. The van der Waals surface area contributed by atoms with Gasteiger partial charge < -0.3 is 20.5 Å². The topological polar surface area (TPSA) is 73.6 Å². The van der Waals surface area contributed by atoms with Crippen LogP contribution in [0.3, 0.4) is 0 Å². The van der Waals surface area contributed by atoms with Crippen LogP contribution in [-0.2, 0) is 9.53 Å². The first-order valence-electron chi connectivity index (χ1n) is 7.10. The van der Waals surface area contributed by atoms with Gasteiger partial charge in [-0.1, -0.05) is 6.07 Å². The van der Waals surface area contributed by atoms with E-state index in [0.717, 1.165) is 31.6 Å². The second-order valence-corrected chi connectivity index (χ2v) is 4.96. The number of carbonyl (C=O) groups is 1. The van der Waals surface area contributed by atoms with E-state index in [0.29, 0.717) is 25.3 Å². The molecule has 0 radical (unpaired) electrons. The normalized spacial score (nSPS) is 18.5. The standard InChI is InChI=1S/C15H22N2O3/c16-12-4-3-6-13(10-12)20-9-7-17-15(18)11-14-5-1-2-8-19-14/h3-4,6,10,14H,1-2,5,7-9,11,16H2,(H,17,18). The second-order valence-electron chi connectivity index (χ2n) is 4.96. The molecule has 1 unspecified atom stereocenters. The minimum absolute atomic E-state index is 0.0214. The number of hydrogen-bond acceptors (Lipinski definition) is 4. The molecule has 1 heterocycles. The van der Waals surface area contributed by atoms with Gasteiger partial charge in [-0.25, -0.2) is 0 Å². The molecule has 5 heteroatoms. The minimum atomic E-state index is 0.0214. The van der Waals surface area contributed by atoms with Crippen LogP contribution < -0.4 is 15.8 Å². The van der Waals surface area contributed by atoms with Gasteiger partial charge in [0.2, 0.25) is 5.91 Å². The lowest BCUT2D eigenvalue weighted by Crippen LogP contribution is -2.32. The van der Waals surface area contributed by atoms with Crippen molar-refractivity contribution in [3.63, 3.8) is 0 Å². The zero-order valence-corrected chi connectivity index (χ0v) is 11.6. The van der Waals surface area contributed by atoms with E-state index < -0.39 is 0 Å². The molecule has 0 bridgehead atoms. The predicted octanol–water partition coefficient (Wildman–Crippen LogP) is 1.72. The van der Waals surface area contributed by atoms with E-state index in [9.17, 15) is 4.79 Å². The summed E-state index contributed by atoms with van der Waals surface area (Å²) in [5.74, 6) is 0.739. The third kappa shape index (κ3) is 5.09. The highest BCUT2D eigenvalue weighted by atomic mass is 16.5. The Bertz CT molecular complexity index is 431. The molecule has 1 saturated heterocycles. The molecule has 1 atom stereocenters. The summed E-state index contributed by atoms with van der Waals surface area (Å²) in [6.45, 7) is 1.69. The summed E-state index contributed by atoms with van der Waals surface area (Å²) in [4.78, 5) is 11.7. The first-order chi connectivity index (χ1) is 9.74. The Morgan fingerprint density at radius 3 is 3.10 bits per heavy atom. The fourth-order valence-electron chi connectivity index (χ4n) is 2.21. The molecule has 0 spiro atoms. The minimum Gasteiger partial charge on any atom is -0.492 e. The molecule has 5 nitrogen and oxygen atoms in total. The number of anilines is 1. The monoisotopic (exact) mass is 278 g/mol. The molecule has 0 saturated carbocycles. The van der Waals surface area contributed by atoms with E-state index in [2.05, 4.69) is 5.32 Å². The first kappa shape index (κ1) is 14.7. The van der Waals surface area contributed by atoms with Gasteiger partial charge in [-0.05, 0) is 31.4 Å². The molecular formula is C15H22N2O3. The van der Waals surface area contributed by atoms with E-state index >= 15 is 0 Å². The van der Waals surface area contributed by atoms with Crippen molar-refractivity contribution in [3.8, 4) is 5.75 Å². The number of amides is 1. The number of nitrogens with one attached hydrogen (secondary N) is 1. The van der Waals surface area contributed by atoms with Crippen molar-refractivity contribution in [1.82, 2.24) is 5.32 Å². The molecule has 1 aromatic rings. The number of hydrogen-bond donors (Lipinski definition) is 2. The average molecular weight is 278 g/mol. The molecular weight excluding hydrogens is 256 g/mol. The maximum Gasteiger partial charge on any atom is 0.222 e. The molecule has 0 aliphatic carbocycles. The lowest BCUT2D eigenvalue weighted by Gasteiger charge is -2.21. The third-order valence-corrected chi connectivity index (χ3v) is 3.24. The first-order valence-corrected chi connectivity index (χ1v) is 7.10. The molecule has 1 aromatic carbocycles. The Labute approximate surface area is 119 Å². The van der Waals surface area contributed by atoms with Crippen LogP contribution >= 0.6 is 0 Å². The van der Waals surface area contributed by atoms with E-state index in [1.165, 1.54) is 0 Å². The third-order valence-electron chi connectivity index (χ3n) is 3.24. The lowest BCUT2D eigenvalue weighted by atomic mass is 10.1. The molecule has 0 aromatic heterocycles. The van der Waals surface area contributed by atoms with Crippen LogP contribution in [0, 0.1) is 0 Å². The number of benzene rings is 1. The summed E-state index contributed by atoms with van der Waals surface area (Å²) in [7, 11) is 0. The van der Waals surface area contributed by atoms with E-state index in [4.69, 9.17) is 15.2 Å². The quantitative estimate of drug-likeness (QED) is 0.614. The van der Waals surface area contributed by atoms with Crippen LogP contribution in [0.15, 0.2) is 24.3 Å². The van der Waals surface area contributed by atoms with Crippen molar-refractivity contribution in [1.29, 1.82) is 0 Å². The fourth-order valence-corrected chi connectivity index (χ4v) is 2.21. The van der Waals surface area contributed by atoms with Gasteiger partial charge in [-0.15, -0.1) is 0 Å². The van der Waals surface area contributed by atoms with Crippen LogP contribution in [0.25, 0.3) is 0 Å². The molecule has 1 amide bonds. The predicted molar refractivity (Wildman–Crippen MR) is 77.6 cm³/mol. The second kappa shape index (κ2) is 7.75. The summed E-state index contributed by atoms with van der Waals surface area (Å²) < 4.78 is 11.0. The summed E-state index contributed by atoms with van der Waals surface area (Å²) in [6, 6.07) is 7.24. The van der Waals surface area contributed by atoms with Crippen molar-refractivity contribution in [2.24, 2.45) is 0 Å². The van der Waals surface area contributed by atoms with Gasteiger partial charge >= 0.3 is 0 Å². The van der Waals surface area contributed by atoms with E-state index in [1.807, 2.05) is 12.1 Å². The largest absolute Gasteiger partial charge is 0.492 e. The highest BCUT2D eigenvalue weighted by Gasteiger charge is 2.17. The van der Waals surface area contributed by atoms with Gasteiger partial charge in [0.05, 0.1) is 19.1 Å². The van der Waals surface area contributed by atoms with Crippen LogP contribution in [0.2, 0.25) is 0 Å². The summed E-state index contributed by atoms with van der Waals surface area (Å²) >= 11 is 0. The Balaban J connectivity index is 1.59. The number of ether oxygens (including phenoxy) is 2. The van der Waals surface area contributed by atoms with Crippen LogP contribution in [-0.4, -0.2) is 31.8 Å². The Morgan fingerprint density at radius 2 is 2.35 bits per heavy atom. The average Bonchev–Trinajstić information content (AvgIpc) is 2.45. The van der Waals surface area contributed by atoms with Crippen molar-refractivity contribution >= 4 is 11.6 Å². The van der Waals surface area contributed by atoms with E-state index in [-0.39, 0.29) is 12.0 Å². The van der Waals surface area contributed by atoms with Crippen LogP contribution in [0.5, 0.6) is 5.75 Å². The maximum absolute atomic E-state index is 11.7. The van der Waals surface area contributed by atoms with Gasteiger partial charge in [0.25, 0.3) is 0 Å². The lowest BCUT2D eigenvalue weighted by molar-refractivity contribution is -0.124. The van der Waals surface area contributed by atoms with Crippen LogP contribution in [0.1, 0.15) is 25.7 Å². The fraction of sp³-hybridized carbons (Fsp3) is 0.533. The van der Waals surface area contributed by atoms with E-state index in [1.54, 1.807) is 12.1 Å². The molecule has 2 rings (SSSR count). The van der Waals surface area contributed by atoms with Gasteiger partial charge in [0, 0.05) is 18.4 Å². The number of rotatable bonds is 6.